The number of rotatable bonds is 4. The SMILES string of the molecule is COc1cc2nn(C3CCC(C)CC3)cc2cc1NC(=O)c1ccncn1. The fourth-order valence-electron chi connectivity index (χ4n) is 3.64. The summed E-state index contributed by atoms with van der Waals surface area (Å²) in [5.41, 5.74) is 1.77. The van der Waals surface area contributed by atoms with Crippen LogP contribution in [0.5, 0.6) is 5.75 Å². The van der Waals surface area contributed by atoms with Gasteiger partial charge in [-0.1, -0.05) is 6.92 Å². The van der Waals surface area contributed by atoms with Crippen LogP contribution in [0.4, 0.5) is 5.69 Å². The molecule has 27 heavy (non-hydrogen) atoms. The van der Waals surface area contributed by atoms with Crippen molar-refractivity contribution in [3.8, 4) is 5.75 Å². The van der Waals surface area contributed by atoms with Crippen molar-refractivity contribution in [2.45, 2.75) is 38.6 Å². The average Bonchev–Trinajstić information content (AvgIpc) is 3.11. The molecular weight excluding hydrogens is 342 g/mol. The predicted octanol–water partition coefficient (Wildman–Crippen LogP) is 3.84. The molecule has 7 heteroatoms. The summed E-state index contributed by atoms with van der Waals surface area (Å²) in [6, 6.07) is 5.79. The Balaban J connectivity index is 1.62. The number of carbonyl (C=O) groups is 1. The molecule has 0 atom stereocenters. The van der Waals surface area contributed by atoms with E-state index in [1.54, 1.807) is 13.2 Å². The number of hydrogen-bond donors (Lipinski definition) is 1. The zero-order valence-corrected chi connectivity index (χ0v) is 15.6. The highest BCUT2D eigenvalue weighted by Crippen LogP contribution is 2.34. The summed E-state index contributed by atoms with van der Waals surface area (Å²) < 4.78 is 7.54. The van der Waals surface area contributed by atoms with E-state index in [0.29, 0.717) is 23.2 Å². The summed E-state index contributed by atoms with van der Waals surface area (Å²) in [5, 5.41) is 8.60. The summed E-state index contributed by atoms with van der Waals surface area (Å²) in [6.07, 6.45) is 9.75. The Bertz CT molecular complexity index is 946. The second-order valence-corrected chi connectivity index (χ2v) is 7.18. The zero-order chi connectivity index (χ0) is 18.8. The van der Waals surface area contributed by atoms with Crippen LogP contribution in [0.25, 0.3) is 10.9 Å². The van der Waals surface area contributed by atoms with Crippen LogP contribution < -0.4 is 10.1 Å². The van der Waals surface area contributed by atoms with Gasteiger partial charge in [-0.15, -0.1) is 0 Å². The molecule has 3 aromatic rings. The average molecular weight is 365 g/mol. The van der Waals surface area contributed by atoms with Gasteiger partial charge in [0.1, 0.15) is 17.8 Å². The van der Waals surface area contributed by atoms with Gasteiger partial charge in [0.2, 0.25) is 0 Å². The molecule has 2 aromatic heterocycles. The van der Waals surface area contributed by atoms with E-state index in [9.17, 15) is 4.79 Å². The van der Waals surface area contributed by atoms with Gasteiger partial charge in [0, 0.05) is 23.8 Å². The van der Waals surface area contributed by atoms with Gasteiger partial charge in [-0.3, -0.25) is 9.48 Å². The molecule has 7 nitrogen and oxygen atoms in total. The predicted molar refractivity (Wildman–Crippen MR) is 103 cm³/mol. The molecule has 0 saturated heterocycles. The Morgan fingerprint density at radius 2 is 2.07 bits per heavy atom. The molecule has 0 aliphatic heterocycles. The molecular formula is C20H23N5O2. The smallest absolute Gasteiger partial charge is 0.274 e. The van der Waals surface area contributed by atoms with Gasteiger partial charge in [0.25, 0.3) is 5.91 Å². The maximum atomic E-state index is 12.4. The number of nitrogens with zero attached hydrogens (tertiary/aromatic N) is 4. The first kappa shape index (κ1) is 17.5. The van der Waals surface area contributed by atoms with Crippen LogP contribution in [0.1, 0.15) is 49.1 Å². The van der Waals surface area contributed by atoms with E-state index in [2.05, 4.69) is 33.1 Å². The third-order valence-corrected chi connectivity index (χ3v) is 5.27. The van der Waals surface area contributed by atoms with Gasteiger partial charge >= 0.3 is 0 Å². The minimum absolute atomic E-state index is 0.302. The van der Waals surface area contributed by atoms with Crippen molar-refractivity contribution in [3.05, 3.63) is 42.6 Å². The highest BCUT2D eigenvalue weighted by atomic mass is 16.5. The Morgan fingerprint density at radius 3 is 2.78 bits per heavy atom. The first-order valence-corrected chi connectivity index (χ1v) is 9.28. The molecule has 0 radical (unpaired) electrons. The first-order valence-electron chi connectivity index (χ1n) is 9.28. The molecule has 140 valence electrons. The number of carbonyl (C=O) groups excluding carboxylic acids is 1. The Hall–Kier alpha value is -2.96. The van der Waals surface area contributed by atoms with Crippen LogP contribution in [0, 0.1) is 5.92 Å². The topological polar surface area (TPSA) is 81.9 Å². The van der Waals surface area contributed by atoms with E-state index in [4.69, 9.17) is 9.84 Å². The van der Waals surface area contributed by atoms with Crippen molar-refractivity contribution in [2.75, 3.05) is 12.4 Å². The van der Waals surface area contributed by atoms with Crippen LogP contribution in [0.15, 0.2) is 36.9 Å². The molecule has 1 N–H and O–H groups in total. The van der Waals surface area contributed by atoms with E-state index in [-0.39, 0.29) is 5.91 Å². The molecule has 1 aliphatic carbocycles. The fourth-order valence-corrected chi connectivity index (χ4v) is 3.64. The van der Waals surface area contributed by atoms with Crippen LogP contribution >= 0.6 is 0 Å². The summed E-state index contributed by atoms with van der Waals surface area (Å²) >= 11 is 0. The number of methoxy groups -OCH3 is 1. The van der Waals surface area contributed by atoms with Crippen molar-refractivity contribution in [2.24, 2.45) is 5.92 Å². The van der Waals surface area contributed by atoms with E-state index < -0.39 is 0 Å². The molecule has 0 spiro atoms. The summed E-state index contributed by atoms with van der Waals surface area (Å²) in [7, 11) is 1.58. The molecule has 2 heterocycles. The maximum absolute atomic E-state index is 12.4. The largest absolute Gasteiger partial charge is 0.494 e. The highest BCUT2D eigenvalue weighted by Gasteiger charge is 2.21. The van der Waals surface area contributed by atoms with Gasteiger partial charge in [-0.2, -0.15) is 5.10 Å². The molecule has 1 saturated carbocycles. The minimum atomic E-state index is -0.302. The van der Waals surface area contributed by atoms with Gasteiger partial charge < -0.3 is 10.1 Å². The molecule has 4 rings (SSSR count). The van der Waals surface area contributed by atoms with Gasteiger partial charge in [0.05, 0.1) is 24.4 Å². The number of ether oxygens (including phenoxy) is 1. The summed E-state index contributed by atoms with van der Waals surface area (Å²) in [4.78, 5) is 20.2. The Labute approximate surface area is 157 Å². The van der Waals surface area contributed by atoms with Gasteiger partial charge in [-0.05, 0) is 43.7 Å². The molecule has 1 aliphatic rings. The zero-order valence-electron chi connectivity index (χ0n) is 15.6. The summed E-state index contributed by atoms with van der Waals surface area (Å²) in [5.74, 6) is 1.08. The number of aromatic nitrogens is 4. The number of anilines is 1. The number of amides is 1. The Morgan fingerprint density at radius 1 is 1.26 bits per heavy atom. The number of benzene rings is 1. The minimum Gasteiger partial charge on any atom is -0.494 e. The molecule has 0 unspecified atom stereocenters. The van der Waals surface area contributed by atoms with Crippen LogP contribution in [0.3, 0.4) is 0 Å². The lowest BCUT2D eigenvalue weighted by Crippen LogP contribution is -2.16. The van der Waals surface area contributed by atoms with E-state index in [1.165, 1.54) is 25.4 Å². The first-order chi connectivity index (χ1) is 13.1. The normalized spacial score (nSPS) is 19.8. The number of fused-ring (bicyclic) bond motifs is 1. The second-order valence-electron chi connectivity index (χ2n) is 7.18. The van der Waals surface area contributed by atoms with Crippen molar-refractivity contribution in [1.82, 2.24) is 19.7 Å². The standard InChI is InChI=1S/C20H23N5O2/c1-13-3-5-15(6-4-13)25-11-14-9-18(19(27-2)10-17(14)24-25)23-20(26)16-7-8-21-12-22-16/h7-13,15H,3-6H2,1-2H3,(H,23,26). The third-order valence-electron chi connectivity index (χ3n) is 5.27. The lowest BCUT2D eigenvalue weighted by Gasteiger charge is -2.26. The number of nitrogens with one attached hydrogen (secondary N) is 1. The lowest BCUT2D eigenvalue weighted by atomic mass is 9.87. The molecule has 1 fully saturated rings. The fraction of sp³-hybridized carbons (Fsp3) is 0.400. The highest BCUT2D eigenvalue weighted by molar-refractivity contribution is 6.04. The lowest BCUT2D eigenvalue weighted by molar-refractivity contribution is 0.102. The van der Waals surface area contributed by atoms with Crippen molar-refractivity contribution in [1.29, 1.82) is 0 Å². The third kappa shape index (κ3) is 3.63. The van der Waals surface area contributed by atoms with Crippen molar-refractivity contribution >= 4 is 22.5 Å². The van der Waals surface area contributed by atoms with Crippen LogP contribution in [-0.4, -0.2) is 32.8 Å². The maximum Gasteiger partial charge on any atom is 0.274 e. The van der Waals surface area contributed by atoms with Gasteiger partial charge in [-0.25, -0.2) is 9.97 Å². The van der Waals surface area contributed by atoms with E-state index in [1.807, 2.05) is 12.1 Å². The van der Waals surface area contributed by atoms with Crippen LogP contribution in [0.2, 0.25) is 0 Å². The summed E-state index contributed by atoms with van der Waals surface area (Å²) in [6.45, 7) is 2.31. The Kier molecular flexibility index (Phi) is 4.75. The van der Waals surface area contributed by atoms with E-state index in [0.717, 1.165) is 29.7 Å². The van der Waals surface area contributed by atoms with Crippen molar-refractivity contribution in [3.63, 3.8) is 0 Å². The van der Waals surface area contributed by atoms with Gasteiger partial charge in [0.15, 0.2) is 0 Å². The number of hydrogen-bond acceptors (Lipinski definition) is 5. The second kappa shape index (κ2) is 7.34. The molecule has 1 aromatic carbocycles. The van der Waals surface area contributed by atoms with Crippen molar-refractivity contribution < 1.29 is 9.53 Å². The van der Waals surface area contributed by atoms with Crippen LogP contribution in [-0.2, 0) is 0 Å². The monoisotopic (exact) mass is 365 g/mol. The van der Waals surface area contributed by atoms with E-state index >= 15 is 0 Å². The molecule has 0 bridgehead atoms. The quantitative estimate of drug-likeness (QED) is 0.760. The molecule has 1 amide bonds.